The van der Waals surface area contributed by atoms with Crippen molar-refractivity contribution in [2.24, 2.45) is 11.1 Å². The first-order chi connectivity index (χ1) is 6.24. The zero-order chi connectivity index (χ0) is 10.2. The van der Waals surface area contributed by atoms with E-state index in [4.69, 9.17) is 10.5 Å². The Kier molecular flexibility index (Phi) is 7.29. The average Bonchev–Trinajstić information content (AvgIpc) is 2.20. The summed E-state index contributed by atoms with van der Waals surface area (Å²) in [5.41, 5.74) is 6.21. The van der Waals surface area contributed by atoms with Gasteiger partial charge in [0, 0.05) is 13.7 Å². The SMILES string of the molecule is CCC(CC)(CN)CCCCOC. The summed E-state index contributed by atoms with van der Waals surface area (Å²) in [7, 11) is 1.76. The fourth-order valence-electron chi connectivity index (χ4n) is 1.74. The highest BCUT2D eigenvalue weighted by molar-refractivity contribution is 4.77. The average molecular weight is 187 g/mol. The summed E-state index contributed by atoms with van der Waals surface area (Å²) in [5.74, 6) is 0. The van der Waals surface area contributed by atoms with E-state index in [0.29, 0.717) is 5.41 Å². The predicted molar refractivity (Wildman–Crippen MR) is 57.8 cm³/mol. The summed E-state index contributed by atoms with van der Waals surface area (Å²) in [4.78, 5) is 0. The fraction of sp³-hybridized carbons (Fsp3) is 1.00. The minimum absolute atomic E-state index is 0.397. The maximum Gasteiger partial charge on any atom is 0.0462 e. The van der Waals surface area contributed by atoms with Gasteiger partial charge in [0.05, 0.1) is 0 Å². The lowest BCUT2D eigenvalue weighted by molar-refractivity contribution is 0.178. The zero-order valence-electron chi connectivity index (χ0n) is 9.44. The molecule has 0 spiro atoms. The molecule has 0 aromatic rings. The van der Waals surface area contributed by atoms with Gasteiger partial charge in [0.15, 0.2) is 0 Å². The molecule has 0 bridgehead atoms. The molecule has 0 fully saturated rings. The summed E-state index contributed by atoms with van der Waals surface area (Å²) < 4.78 is 5.03. The van der Waals surface area contributed by atoms with Crippen molar-refractivity contribution in [2.45, 2.75) is 46.0 Å². The van der Waals surface area contributed by atoms with Crippen LogP contribution in [0.25, 0.3) is 0 Å². The van der Waals surface area contributed by atoms with Crippen LogP contribution >= 0.6 is 0 Å². The van der Waals surface area contributed by atoms with Gasteiger partial charge in [-0.3, -0.25) is 0 Å². The molecule has 0 unspecified atom stereocenters. The first kappa shape index (κ1) is 12.9. The van der Waals surface area contributed by atoms with Crippen molar-refractivity contribution >= 4 is 0 Å². The third-order valence-electron chi connectivity index (χ3n) is 3.24. The number of rotatable bonds is 8. The highest BCUT2D eigenvalue weighted by atomic mass is 16.5. The largest absolute Gasteiger partial charge is 0.385 e. The maximum absolute atomic E-state index is 5.81. The van der Waals surface area contributed by atoms with E-state index in [9.17, 15) is 0 Å². The van der Waals surface area contributed by atoms with Crippen LogP contribution in [0.5, 0.6) is 0 Å². The smallest absolute Gasteiger partial charge is 0.0462 e. The van der Waals surface area contributed by atoms with Gasteiger partial charge in [0.25, 0.3) is 0 Å². The minimum atomic E-state index is 0.397. The molecule has 0 aliphatic carbocycles. The second-order valence-electron chi connectivity index (χ2n) is 3.86. The molecule has 0 aromatic carbocycles. The molecule has 0 saturated carbocycles. The lowest BCUT2D eigenvalue weighted by Crippen LogP contribution is -2.29. The lowest BCUT2D eigenvalue weighted by Gasteiger charge is -2.30. The molecule has 0 aliphatic heterocycles. The van der Waals surface area contributed by atoms with Gasteiger partial charge in [-0.1, -0.05) is 20.3 Å². The van der Waals surface area contributed by atoms with Gasteiger partial charge in [0.2, 0.25) is 0 Å². The highest BCUT2D eigenvalue weighted by Crippen LogP contribution is 2.30. The van der Waals surface area contributed by atoms with E-state index in [1.807, 2.05) is 0 Å². The van der Waals surface area contributed by atoms with Gasteiger partial charge < -0.3 is 10.5 Å². The molecule has 0 aliphatic rings. The zero-order valence-corrected chi connectivity index (χ0v) is 9.44. The number of nitrogens with two attached hydrogens (primary N) is 1. The molecule has 0 aromatic heterocycles. The molecule has 13 heavy (non-hydrogen) atoms. The third-order valence-corrected chi connectivity index (χ3v) is 3.24. The van der Waals surface area contributed by atoms with Crippen molar-refractivity contribution < 1.29 is 4.74 Å². The monoisotopic (exact) mass is 187 g/mol. The van der Waals surface area contributed by atoms with Crippen LogP contribution in [-0.2, 0) is 4.74 Å². The molecule has 0 rings (SSSR count). The van der Waals surface area contributed by atoms with E-state index in [1.54, 1.807) is 7.11 Å². The van der Waals surface area contributed by atoms with Crippen LogP contribution in [0.1, 0.15) is 46.0 Å². The van der Waals surface area contributed by atoms with Gasteiger partial charge in [-0.15, -0.1) is 0 Å². The second kappa shape index (κ2) is 7.34. The van der Waals surface area contributed by atoms with E-state index in [0.717, 1.165) is 19.6 Å². The lowest BCUT2D eigenvalue weighted by atomic mass is 9.78. The Labute approximate surface area is 82.8 Å². The van der Waals surface area contributed by atoms with Crippen molar-refractivity contribution in [1.82, 2.24) is 0 Å². The Morgan fingerprint density at radius 2 is 1.77 bits per heavy atom. The van der Waals surface area contributed by atoms with E-state index in [2.05, 4.69) is 13.8 Å². The molecule has 0 radical (unpaired) electrons. The predicted octanol–water partition coefficient (Wildman–Crippen LogP) is 2.57. The molecule has 0 amide bonds. The summed E-state index contributed by atoms with van der Waals surface area (Å²) in [6, 6.07) is 0. The number of ether oxygens (including phenoxy) is 1. The number of hydrogen-bond acceptors (Lipinski definition) is 2. The molecule has 2 N–H and O–H groups in total. The number of unbranched alkanes of at least 4 members (excludes halogenated alkanes) is 1. The molecule has 80 valence electrons. The van der Waals surface area contributed by atoms with E-state index in [1.165, 1.54) is 25.7 Å². The van der Waals surface area contributed by atoms with Crippen LogP contribution in [0.2, 0.25) is 0 Å². The Morgan fingerprint density at radius 3 is 2.15 bits per heavy atom. The minimum Gasteiger partial charge on any atom is -0.385 e. The van der Waals surface area contributed by atoms with Crippen LogP contribution in [-0.4, -0.2) is 20.3 Å². The molecular formula is C11H25NO. The van der Waals surface area contributed by atoms with Crippen molar-refractivity contribution in [1.29, 1.82) is 0 Å². The Bertz CT molecular complexity index is 102. The van der Waals surface area contributed by atoms with E-state index < -0.39 is 0 Å². The first-order valence-corrected chi connectivity index (χ1v) is 5.43. The normalized spacial score (nSPS) is 12.0. The quantitative estimate of drug-likeness (QED) is 0.593. The third kappa shape index (κ3) is 4.63. The van der Waals surface area contributed by atoms with Gasteiger partial charge in [-0.2, -0.15) is 0 Å². The Hall–Kier alpha value is -0.0800. The Balaban J connectivity index is 3.68. The molecule has 0 saturated heterocycles. The molecular weight excluding hydrogens is 162 g/mol. The van der Waals surface area contributed by atoms with Crippen molar-refractivity contribution in [3.05, 3.63) is 0 Å². The van der Waals surface area contributed by atoms with Crippen molar-refractivity contribution in [2.75, 3.05) is 20.3 Å². The van der Waals surface area contributed by atoms with Gasteiger partial charge in [-0.05, 0) is 37.6 Å². The fourth-order valence-corrected chi connectivity index (χ4v) is 1.74. The summed E-state index contributed by atoms with van der Waals surface area (Å²) in [6.45, 7) is 6.19. The van der Waals surface area contributed by atoms with E-state index in [-0.39, 0.29) is 0 Å². The van der Waals surface area contributed by atoms with E-state index >= 15 is 0 Å². The second-order valence-corrected chi connectivity index (χ2v) is 3.86. The summed E-state index contributed by atoms with van der Waals surface area (Å²) in [5, 5.41) is 0. The molecule has 2 nitrogen and oxygen atoms in total. The summed E-state index contributed by atoms with van der Waals surface area (Å²) >= 11 is 0. The Morgan fingerprint density at radius 1 is 1.15 bits per heavy atom. The summed E-state index contributed by atoms with van der Waals surface area (Å²) in [6.07, 6.45) is 6.06. The van der Waals surface area contributed by atoms with Crippen LogP contribution in [0.4, 0.5) is 0 Å². The first-order valence-electron chi connectivity index (χ1n) is 5.43. The van der Waals surface area contributed by atoms with Gasteiger partial charge >= 0.3 is 0 Å². The van der Waals surface area contributed by atoms with Gasteiger partial charge in [-0.25, -0.2) is 0 Å². The number of hydrogen-bond donors (Lipinski definition) is 1. The topological polar surface area (TPSA) is 35.2 Å². The molecule has 0 heterocycles. The highest BCUT2D eigenvalue weighted by Gasteiger charge is 2.23. The molecule has 0 atom stereocenters. The standard InChI is InChI=1S/C11H25NO/c1-4-11(5-2,10-12)8-6-7-9-13-3/h4-10,12H2,1-3H3. The van der Waals surface area contributed by atoms with Crippen LogP contribution in [0.3, 0.4) is 0 Å². The van der Waals surface area contributed by atoms with Crippen LogP contribution in [0.15, 0.2) is 0 Å². The van der Waals surface area contributed by atoms with Crippen LogP contribution < -0.4 is 5.73 Å². The maximum atomic E-state index is 5.81. The number of methoxy groups -OCH3 is 1. The van der Waals surface area contributed by atoms with Gasteiger partial charge in [0.1, 0.15) is 0 Å². The van der Waals surface area contributed by atoms with Crippen molar-refractivity contribution in [3.8, 4) is 0 Å². The van der Waals surface area contributed by atoms with Crippen molar-refractivity contribution in [3.63, 3.8) is 0 Å². The molecule has 2 heteroatoms. The van der Waals surface area contributed by atoms with Crippen LogP contribution in [0, 0.1) is 5.41 Å².